The molecule has 2 aliphatic heterocycles. The number of carbonyl (C=O) groups is 1. The first-order valence-electron chi connectivity index (χ1n) is 12.5. The lowest BCUT2D eigenvalue weighted by Gasteiger charge is -2.22. The van der Waals surface area contributed by atoms with Crippen LogP contribution in [0.2, 0.25) is 0 Å². The Morgan fingerprint density at radius 1 is 1.24 bits per heavy atom. The third-order valence-corrected chi connectivity index (χ3v) is 8.50. The van der Waals surface area contributed by atoms with E-state index in [9.17, 15) is 27.2 Å². The molecule has 2 N–H and O–H groups in total. The number of aromatic nitrogens is 1. The van der Waals surface area contributed by atoms with Gasteiger partial charge in [0, 0.05) is 42.9 Å². The fraction of sp³-hybridized carbons (Fsp3) is 0.538. The number of pyridine rings is 1. The molecule has 0 spiro atoms. The Hall–Kier alpha value is -2.92. The summed E-state index contributed by atoms with van der Waals surface area (Å²) in [6.45, 7) is 4.22. The summed E-state index contributed by atoms with van der Waals surface area (Å²) in [5, 5.41) is 6.02. The molecule has 2 saturated heterocycles. The van der Waals surface area contributed by atoms with Gasteiger partial charge in [-0.3, -0.25) is 9.59 Å². The van der Waals surface area contributed by atoms with Crippen molar-refractivity contribution in [2.75, 3.05) is 38.7 Å². The Kier molecular flexibility index (Phi) is 5.47. The number of carbonyl (C=O) groups excluding carboxylic acids is 1. The van der Waals surface area contributed by atoms with E-state index in [-0.39, 0.29) is 28.6 Å². The Bertz CT molecular complexity index is 1320. The molecule has 198 valence electrons. The molecule has 1 aromatic carbocycles. The first-order valence-corrected chi connectivity index (χ1v) is 12.5. The van der Waals surface area contributed by atoms with E-state index in [4.69, 9.17) is 4.74 Å². The number of hydrogen-bond acceptors (Lipinski definition) is 5. The first-order chi connectivity index (χ1) is 17.5. The summed E-state index contributed by atoms with van der Waals surface area (Å²) < 4.78 is 61.5. The highest BCUT2D eigenvalue weighted by atomic mass is 19.4. The Morgan fingerprint density at radius 2 is 1.97 bits per heavy atom. The maximum absolute atomic E-state index is 14.7. The standard InChI is InChI=1S/C26H28F4N4O3/c1-13(15-4-3-5-19(22(15)27)26(28,29)30)31-24(36)18-10-34(25-7-14(25)11-37-12-25)21(35)6-20(18)32-23-16-8-33(2)9-17(16)23/h3-6,10,13-14,16-17,23,32H,7-9,11-12H2,1-2H3,(H,31,36)/t13-,14-,16-,17+,23+,25-/m1/s1. The van der Waals surface area contributed by atoms with Crippen molar-refractivity contribution in [2.45, 2.75) is 37.1 Å². The van der Waals surface area contributed by atoms with E-state index in [1.807, 2.05) is 7.05 Å². The molecule has 11 heteroatoms. The number of piperidine rings is 1. The summed E-state index contributed by atoms with van der Waals surface area (Å²) >= 11 is 0. The lowest BCUT2D eigenvalue weighted by Crippen LogP contribution is -2.36. The molecule has 2 aliphatic carbocycles. The Labute approximate surface area is 210 Å². The van der Waals surface area contributed by atoms with Gasteiger partial charge >= 0.3 is 6.18 Å². The van der Waals surface area contributed by atoms with Crippen molar-refractivity contribution in [3.8, 4) is 0 Å². The summed E-state index contributed by atoms with van der Waals surface area (Å²) in [5.74, 6) is -0.955. The van der Waals surface area contributed by atoms with Crippen LogP contribution in [0.3, 0.4) is 0 Å². The summed E-state index contributed by atoms with van der Waals surface area (Å²) in [5.41, 5.74) is -1.79. The molecule has 2 aromatic rings. The lowest BCUT2D eigenvalue weighted by atomic mass is 10.0. The number of anilines is 1. The third kappa shape index (κ3) is 4.03. The van der Waals surface area contributed by atoms with Gasteiger partial charge in [-0.25, -0.2) is 4.39 Å². The summed E-state index contributed by atoms with van der Waals surface area (Å²) in [6, 6.07) is 3.53. The predicted octanol–water partition coefficient (Wildman–Crippen LogP) is 3.21. The number of hydrogen-bond donors (Lipinski definition) is 2. The zero-order valence-electron chi connectivity index (χ0n) is 20.4. The molecule has 0 unspecified atom stereocenters. The van der Waals surface area contributed by atoms with Crippen LogP contribution in [0.25, 0.3) is 0 Å². The minimum Gasteiger partial charge on any atom is -0.381 e. The second-order valence-corrected chi connectivity index (χ2v) is 10.9. The smallest absolute Gasteiger partial charge is 0.381 e. The van der Waals surface area contributed by atoms with Gasteiger partial charge in [-0.05, 0) is 38.3 Å². The van der Waals surface area contributed by atoms with Gasteiger partial charge < -0.3 is 24.8 Å². The van der Waals surface area contributed by atoms with E-state index in [0.29, 0.717) is 36.8 Å². The molecule has 0 bridgehead atoms. The number of fused-ring (bicyclic) bond motifs is 2. The fourth-order valence-corrected chi connectivity index (χ4v) is 6.27. The van der Waals surface area contributed by atoms with E-state index in [2.05, 4.69) is 15.5 Å². The van der Waals surface area contributed by atoms with Crippen molar-refractivity contribution in [3.63, 3.8) is 0 Å². The second-order valence-electron chi connectivity index (χ2n) is 10.9. The van der Waals surface area contributed by atoms with Crippen molar-refractivity contribution in [2.24, 2.45) is 17.8 Å². The van der Waals surface area contributed by atoms with Gasteiger partial charge in [0.05, 0.1) is 41.6 Å². The van der Waals surface area contributed by atoms with Gasteiger partial charge in [0.25, 0.3) is 11.5 Å². The van der Waals surface area contributed by atoms with Crippen LogP contribution in [0.1, 0.15) is 40.9 Å². The molecular weight excluding hydrogens is 492 g/mol. The number of halogens is 4. The Balaban J connectivity index is 1.31. The van der Waals surface area contributed by atoms with Crippen LogP contribution in [-0.4, -0.2) is 54.8 Å². The highest BCUT2D eigenvalue weighted by Gasteiger charge is 2.60. The van der Waals surface area contributed by atoms with E-state index in [0.717, 1.165) is 25.6 Å². The van der Waals surface area contributed by atoms with E-state index < -0.39 is 35.0 Å². The monoisotopic (exact) mass is 520 g/mol. The number of nitrogens with zero attached hydrogens (tertiary/aromatic N) is 2. The molecule has 4 fully saturated rings. The number of benzene rings is 1. The number of ether oxygens (including phenoxy) is 1. The van der Waals surface area contributed by atoms with Crippen LogP contribution in [0, 0.1) is 23.6 Å². The SMILES string of the molecule is C[C@@H](NC(=O)c1cn([C@]23COC[C@H]2C3)c(=O)cc1N[C@H]1[C@@H]2CN(C)C[C@@H]21)c1cccc(C(F)(F)F)c1F. The number of alkyl halides is 3. The van der Waals surface area contributed by atoms with Crippen molar-refractivity contribution in [3.05, 3.63) is 63.3 Å². The molecule has 6 rings (SSSR count). The molecule has 1 aromatic heterocycles. The van der Waals surface area contributed by atoms with Crippen LogP contribution in [0.15, 0.2) is 35.3 Å². The van der Waals surface area contributed by atoms with Crippen molar-refractivity contribution < 1.29 is 27.1 Å². The van der Waals surface area contributed by atoms with Crippen LogP contribution >= 0.6 is 0 Å². The van der Waals surface area contributed by atoms with Gasteiger partial charge in [-0.1, -0.05) is 12.1 Å². The second kappa shape index (κ2) is 8.29. The van der Waals surface area contributed by atoms with E-state index >= 15 is 0 Å². The van der Waals surface area contributed by atoms with Crippen molar-refractivity contribution in [1.29, 1.82) is 0 Å². The van der Waals surface area contributed by atoms with Gasteiger partial charge in [0.2, 0.25) is 0 Å². The van der Waals surface area contributed by atoms with Crippen molar-refractivity contribution in [1.82, 2.24) is 14.8 Å². The van der Waals surface area contributed by atoms with Crippen LogP contribution in [0.5, 0.6) is 0 Å². The fourth-order valence-electron chi connectivity index (χ4n) is 6.27. The minimum absolute atomic E-state index is 0.137. The van der Waals surface area contributed by atoms with Crippen LogP contribution in [0.4, 0.5) is 23.2 Å². The topological polar surface area (TPSA) is 75.6 Å². The van der Waals surface area contributed by atoms with Crippen LogP contribution < -0.4 is 16.2 Å². The minimum atomic E-state index is -4.85. The highest BCUT2D eigenvalue weighted by Crippen LogP contribution is 2.54. The molecule has 3 heterocycles. The van der Waals surface area contributed by atoms with Gasteiger partial charge in [0.1, 0.15) is 5.82 Å². The maximum Gasteiger partial charge on any atom is 0.419 e. The molecular formula is C26H28F4N4O3. The van der Waals surface area contributed by atoms with Gasteiger partial charge in [-0.15, -0.1) is 0 Å². The van der Waals surface area contributed by atoms with Gasteiger partial charge in [0.15, 0.2) is 0 Å². The molecule has 2 saturated carbocycles. The van der Waals surface area contributed by atoms with Crippen LogP contribution in [-0.2, 0) is 16.5 Å². The summed E-state index contributed by atoms with van der Waals surface area (Å²) in [4.78, 5) is 28.8. The highest BCUT2D eigenvalue weighted by molar-refractivity contribution is 5.99. The summed E-state index contributed by atoms with van der Waals surface area (Å²) in [7, 11) is 2.05. The average molecular weight is 521 g/mol. The zero-order chi connectivity index (χ0) is 26.3. The number of rotatable bonds is 6. The normalized spacial score (nSPS) is 31.0. The van der Waals surface area contributed by atoms with E-state index in [1.54, 1.807) is 4.57 Å². The first kappa shape index (κ1) is 24.4. The zero-order valence-corrected chi connectivity index (χ0v) is 20.4. The number of nitrogens with one attached hydrogen (secondary N) is 2. The largest absolute Gasteiger partial charge is 0.419 e. The van der Waals surface area contributed by atoms with Crippen molar-refractivity contribution >= 4 is 11.6 Å². The van der Waals surface area contributed by atoms with E-state index in [1.165, 1.54) is 25.3 Å². The molecule has 7 nitrogen and oxygen atoms in total. The third-order valence-electron chi connectivity index (χ3n) is 8.50. The Morgan fingerprint density at radius 3 is 2.59 bits per heavy atom. The molecule has 6 atom stereocenters. The summed E-state index contributed by atoms with van der Waals surface area (Å²) in [6.07, 6.45) is -2.55. The quantitative estimate of drug-likeness (QED) is 0.573. The predicted molar refractivity (Wildman–Crippen MR) is 127 cm³/mol. The maximum atomic E-state index is 14.7. The lowest BCUT2D eigenvalue weighted by molar-refractivity contribution is -0.140. The molecule has 0 radical (unpaired) electrons. The number of amides is 1. The van der Waals surface area contributed by atoms with Gasteiger partial charge in [-0.2, -0.15) is 13.2 Å². The molecule has 4 aliphatic rings. The number of likely N-dealkylation sites (tertiary alicyclic amines) is 1. The average Bonchev–Trinajstić information content (AvgIpc) is 3.54. The molecule has 37 heavy (non-hydrogen) atoms. The molecule has 1 amide bonds.